The number of alkyl halides is 3. The van der Waals surface area contributed by atoms with E-state index in [2.05, 4.69) is 5.32 Å². The van der Waals surface area contributed by atoms with Crippen LogP contribution in [0.5, 0.6) is 0 Å². The Labute approximate surface area is 183 Å². The molecule has 0 radical (unpaired) electrons. The van der Waals surface area contributed by atoms with Crippen LogP contribution in [0.2, 0.25) is 0 Å². The Balaban J connectivity index is 2.03. The molecular weight excluding hydrogens is 428 g/mol. The van der Waals surface area contributed by atoms with E-state index in [0.717, 1.165) is 12.1 Å². The maximum atomic E-state index is 13.5. The lowest BCUT2D eigenvalue weighted by Crippen LogP contribution is -2.36. The second-order valence-electron chi connectivity index (χ2n) is 7.91. The summed E-state index contributed by atoms with van der Waals surface area (Å²) in [5.74, 6) is -2.26. The van der Waals surface area contributed by atoms with Gasteiger partial charge in [-0.05, 0) is 48.7 Å². The molecule has 0 heterocycles. The number of nitrogens with zero attached hydrogens (tertiary/aromatic N) is 1. The highest BCUT2D eigenvalue weighted by atomic mass is 19.4. The van der Waals surface area contributed by atoms with E-state index in [-0.39, 0.29) is 17.4 Å². The Morgan fingerprint density at radius 2 is 1.75 bits per heavy atom. The van der Waals surface area contributed by atoms with Gasteiger partial charge in [0.05, 0.1) is 18.6 Å². The van der Waals surface area contributed by atoms with Crippen LogP contribution in [0.4, 0.5) is 28.9 Å². The monoisotopic (exact) mass is 452 g/mol. The summed E-state index contributed by atoms with van der Waals surface area (Å²) < 4.78 is 58.9. The van der Waals surface area contributed by atoms with Gasteiger partial charge in [-0.15, -0.1) is 0 Å². The van der Waals surface area contributed by atoms with Gasteiger partial charge in [0.25, 0.3) is 0 Å². The summed E-state index contributed by atoms with van der Waals surface area (Å²) in [5, 5.41) is 2.41. The molecule has 9 heteroatoms. The standard InChI is InChI=1S/C23H24F4N2O3/c1-13(30)28-17-10-15(23(25,26)27)11-18(12-17)29(2)20-9-8-19(22(31)32-3)21(20)14-4-6-16(24)7-5-14/h4-7,10-12,19-21H,8-9H2,1-3H3,(H,28,30)/t19-,20-,21+/m0/s1. The van der Waals surface area contributed by atoms with Crippen LogP contribution in [0.1, 0.15) is 36.8 Å². The number of likely N-dealkylation sites (N-methyl/N-ethyl adjacent to an activating group) is 1. The van der Waals surface area contributed by atoms with Gasteiger partial charge in [-0.1, -0.05) is 12.1 Å². The fourth-order valence-electron chi connectivity index (χ4n) is 4.41. The van der Waals surface area contributed by atoms with Gasteiger partial charge >= 0.3 is 12.1 Å². The highest BCUT2D eigenvalue weighted by Crippen LogP contribution is 2.45. The fraction of sp³-hybridized carbons (Fsp3) is 0.391. The lowest BCUT2D eigenvalue weighted by atomic mass is 9.86. The number of hydrogen-bond acceptors (Lipinski definition) is 4. The Hall–Kier alpha value is -3.10. The zero-order chi connectivity index (χ0) is 23.6. The van der Waals surface area contributed by atoms with Crippen molar-refractivity contribution < 1.29 is 31.9 Å². The first-order chi connectivity index (χ1) is 15.0. The van der Waals surface area contributed by atoms with Gasteiger partial charge in [-0.25, -0.2) is 4.39 Å². The van der Waals surface area contributed by atoms with Gasteiger partial charge in [0.1, 0.15) is 5.82 Å². The van der Waals surface area contributed by atoms with Crippen molar-refractivity contribution >= 4 is 23.3 Å². The predicted molar refractivity (Wildman–Crippen MR) is 112 cm³/mol. The third kappa shape index (κ3) is 5.03. The Kier molecular flexibility index (Phi) is 6.76. The summed E-state index contributed by atoms with van der Waals surface area (Å²) in [4.78, 5) is 25.5. The number of rotatable bonds is 5. The van der Waals surface area contributed by atoms with Crippen LogP contribution in [-0.4, -0.2) is 32.1 Å². The van der Waals surface area contributed by atoms with E-state index < -0.39 is 41.3 Å². The first kappa shape index (κ1) is 23.6. The Morgan fingerprint density at radius 3 is 2.31 bits per heavy atom. The molecule has 0 bridgehead atoms. The van der Waals surface area contributed by atoms with E-state index in [0.29, 0.717) is 18.4 Å². The van der Waals surface area contributed by atoms with E-state index in [1.54, 1.807) is 24.1 Å². The molecule has 0 saturated heterocycles. The number of carbonyl (C=O) groups excluding carboxylic acids is 2. The number of nitrogens with one attached hydrogen (secondary N) is 1. The number of hydrogen-bond donors (Lipinski definition) is 1. The molecule has 0 spiro atoms. The van der Waals surface area contributed by atoms with Crippen molar-refractivity contribution in [1.82, 2.24) is 0 Å². The minimum atomic E-state index is -4.61. The van der Waals surface area contributed by atoms with E-state index in [1.807, 2.05) is 0 Å². The van der Waals surface area contributed by atoms with E-state index >= 15 is 0 Å². The van der Waals surface area contributed by atoms with Gasteiger partial charge in [0.2, 0.25) is 5.91 Å². The predicted octanol–water partition coefficient (Wildman–Crippen LogP) is 4.97. The number of ether oxygens (including phenoxy) is 1. The normalized spacial score (nSPS) is 20.7. The number of halogens is 4. The van der Waals surface area contributed by atoms with Crippen LogP contribution in [0.25, 0.3) is 0 Å². The SMILES string of the molecule is COC(=O)[C@H]1CC[C@H](N(C)c2cc(NC(C)=O)cc(C(F)(F)F)c2)[C@@H]1c1ccc(F)cc1. The number of amides is 1. The fourth-order valence-corrected chi connectivity index (χ4v) is 4.41. The summed E-state index contributed by atoms with van der Waals surface area (Å²) in [7, 11) is 2.93. The summed E-state index contributed by atoms with van der Waals surface area (Å²) in [6, 6.07) is 8.74. The molecule has 1 amide bonds. The average Bonchev–Trinajstić information content (AvgIpc) is 3.17. The second-order valence-corrected chi connectivity index (χ2v) is 7.91. The quantitative estimate of drug-likeness (QED) is 0.514. The van der Waals surface area contributed by atoms with Crippen molar-refractivity contribution in [1.29, 1.82) is 0 Å². The maximum Gasteiger partial charge on any atom is 0.416 e. The molecule has 2 aromatic carbocycles. The molecule has 3 rings (SSSR count). The minimum Gasteiger partial charge on any atom is -0.469 e. The van der Waals surface area contributed by atoms with Gasteiger partial charge < -0.3 is 15.0 Å². The molecule has 1 N–H and O–H groups in total. The molecule has 0 aromatic heterocycles. The summed E-state index contributed by atoms with van der Waals surface area (Å²) in [6.07, 6.45) is -3.62. The number of anilines is 2. The van der Waals surface area contributed by atoms with Crippen molar-refractivity contribution in [2.45, 2.75) is 37.9 Å². The Bertz CT molecular complexity index is 992. The number of benzene rings is 2. The molecule has 1 aliphatic carbocycles. The topological polar surface area (TPSA) is 58.6 Å². The smallest absolute Gasteiger partial charge is 0.416 e. The van der Waals surface area contributed by atoms with Crippen LogP contribution >= 0.6 is 0 Å². The third-order valence-corrected chi connectivity index (χ3v) is 5.85. The number of methoxy groups -OCH3 is 1. The van der Waals surface area contributed by atoms with Crippen molar-refractivity contribution in [2.24, 2.45) is 5.92 Å². The molecule has 172 valence electrons. The van der Waals surface area contributed by atoms with Crippen LogP contribution in [0.15, 0.2) is 42.5 Å². The highest BCUT2D eigenvalue weighted by Gasteiger charge is 2.44. The maximum absolute atomic E-state index is 13.5. The van der Waals surface area contributed by atoms with Crippen LogP contribution in [0, 0.1) is 11.7 Å². The largest absolute Gasteiger partial charge is 0.469 e. The molecule has 0 aliphatic heterocycles. The highest BCUT2D eigenvalue weighted by molar-refractivity contribution is 5.89. The second kappa shape index (κ2) is 9.18. The first-order valence-corrected chi connectivity index (χ1v) is 10.1. The van der Waals surface area contributed by atoms with E-state index in [9.17, 15) is 27.2 Å². The number of carbonyl (C=O) groups is 2. The summed E-state index contributed by atoms with van der Waals surface area (Å²) in [6.45, 7) is 1.21. The van der Waals surface area contributed by atoms with Gasteiger partial charge in [0.15, 0.2) is 0 Å². The molecule has 1 fully saturated rings. The number of esters is 1. The lowest BCUT2D eigenvalue weighted by Gasteiger charge is -2.34. The van der Waals surface area contributed by atoms with E-state index in [1.165, 1.54) is 32.2 Å². The first-order valence-electron chi connectivity index (χ1n) is 10.1. The lowest BCUT2D eigenvalue weighted by molar-refractivity contribution is -0.145. The van der Waals surface area contributed by atoms with Crippen molar-refractivity contribution in [3.05, 3.63) is 59.4 Å². The van der Waals surface area contributed by atoms with Crippen molar-refractivity contribution in [3.63, 3.8) is 0 Å². The minimum absolute atomic E-state index is 0.0232. The molecule has 3 atom stereocenters. The summed E-state index contributed by atoms with van der Waals surface area (Å²) >= 11 is 0. The zero-order valence-electron chi connectivity index (χ0n) is 17.9. The molecule has 1 aliphatic rings. The van der Waals surface area contributed by atoms with E-state index in [4.69, 9.17) is 4.74 Å². The van der Waals surface area contributed by atoms with Crippen molar-refractivity contribution in [3.8, 4) is 0 Å². The summed E-state index contributed by atoms with van der Waals surface area (Å²) in [5.41, 5.74) is 0.0675. The average molecular weight is 452 g/mol. The van der Waals surface area contributed by atoms with Gasteiger partial charge in [0, 0.05) is 37.3 Å². The molecule has 1 saturated carbocycles. The van der Waals surface area contributed by atoms with Crippen LogP contribution in [0.3, 0.4) is 0 Å². The molecule has 0 unspecified atom stereocenters. The molecule has 5 nitrogen and oxygen atoms in total. The van der Waals surface area contributed by atoms with Crippen LogP contribution < -0.4 is 10.2 Å². The third-order valence-electron chi connectivity index (χ3n) is 5.85. The van der Waals surface area contributed by atoms with Crippen molar-refractivity contribution in [2.75, 3.05) is 24.4 Å². The zero-order valence-corrected chi connectivity index (χ0v) is 17.9. The van der Waals surface area contributed by atoms with Crippen LogP contribution in [-0.2, 0) is 20.5 Å². The Morgan fingerprint density at radius 1 is 1.09 bits per heavy atom. The van der Waals surface area contributed by atoms with Gasteiger partial charge in [-0.3, -0.25) is 9.59 Å². The van der Waals surface area contributed by atoms with Gasteiger partial charge in [-0.2, -0.15) is 13.2 Å². The molecular formula is C23H24F4N2O3. The molecule has 32 heavy (non-hydrogen) atoms. The molecule has 2 aromatic rings.